The molecule has 20 heavy (non-hydrogen) atoms. The number of nitro groups is 1. The van der Waals surface area contributed by atoms with Crippen LogP contribution in [0, 0.1) is 10.1 Å². The molecule has 1 heterocycles. The number of nitro benzene ring substituents is 1. The molecule has 0 amide bonds. The van der Waals surface area contributed by atoms with Crippen LogP contribution in [-0.4, -0.2) is 18.3 Å². The number of nitrogens with zero attached hydrogens (tertiary/aromatic N) is 2. The molecule has 2 rings (SSSR count). The monoisotopic (exact) mass is 294 g/mol. The zero-order valence-electron chi connectivity index (χ0n) is 10.1. The van der Waals surface area contributed by atoms with Gasteiger partial charge in [-0.25, -0.2) is 18.5 Å². The Morgan fingerprint density at radius 3 is 2.65 bits per heavy atom. The van der Waals surface area contributed by atoms with Gasteiger partial charge in [0.15, 0.2) is 5.82 Å². The van der Waals surface area contributed by atoms with Gasteiger partial charge in [0.2, 0.25) is 10.0 Å². The molecule has 0 aliphatic carbocycles. The van der Waals surface area contributed by atoms with Crippen LogP contribution in [0.3, 0.4) is 0 Å². The minimum absolute atomic E-state index is 0.00972. The van der Waals surface area contributed by atoms with Crippen LogP contribution in [0.15, 0.2) is 47.5 Å². The quantitative estimate of drug-likeness (QED) is 0.647. The lowest BCUT2D eigenvalue weighted by molar-refractivity contribution is -0.384. The molecule has 8 nitrogen and oxygen atoms in total. The largest absolute Gasteiger partial charge is 0.339 e. The summed E-state index contributed by atoms with van der Waals surface area (Å²) < 4.78 is 22.8. The van der Waals surface area contributed by atoms with E-state index in [1.807, 2.05) is 0 Å². The Kier molecular flexibility index (Phi) is 3.63. The van der Waals surface area contributed by atoms with Crippen molar-refractivity contribution in [1.82, 2.24) is 4.98 Å². The van der Waals surface area contributed by atoms with Gasteiger partial charge in [-0.1, -0.05) is 6.07 Å². The third-order valence-electron chi connectivity index (χ3n) is 2.40. The number of non-ortho nitro benzene ring substituents is 1. The molecule has 0 spiro atoms. The molecule has 0 unspecified atom stereocenters. The fraction of sp³-hybridized carbons (Fsp3) is 0. The smallest absolute Gasteiger partial charge is 0.271 e. The number of hydrogen-bond donors (Lipinski definition) is 2. The summed E-state index contributed by atoms with van der Waals surface area (Å²) in [5, 5.41) is 18.5. The maximum absolute atomic E-state index is 11.4. The van der Waals surface area contributed by atoms with Crippen molar-refractivity contribution < 1.29 is 13.3 Å². The summed E-state index contributed by atoms with van der Waals surface area (Å²) in [6.45, 7) is 0. The van der Waals surface area contributed by atoms with E-state index in [2.05, 4.69) is 10.3 Å². The lowest BCUT2D eigenvalue weighted by Gasteiger charge is -2.09. The second-order valence-corrected chi connectivity index (χ2v) is 5.36. The van der Waals surface area contributed by atoms with Crippen LogP contribution in [0.25, 0.3) is 0 Å². The molecule has 0 saturated carbocycles. The van der Waals surface area contributed by atoms with Crippen LogP contribution in [-0.2, 0) is 10.0 Å². The highest BCUT2D eigenvalue weighted by molar-refractivity contribution is 7.89. The van der Waals surface area contributed by atoms with Crippen LogP contribution < -0.4 is 10.5 Å². The molecule has 0 fully saturated rings. The molecule has 0 aliphatic rings. The molecule has 3 N–H and O–H groups in total. The van der Waals surface area contributed by atoms with E-state index < -0.39 is 14.9 Å². The van der Waals surface area contributed by atoms with Gasteiger partial charge in [0, 0.05) is 24.0 Å². The van der Waals surface area contributed by atoms with Crippen LogP contribution in [0.1, 0.15) is 0 Å². The Morgan fingerprint density at radius 2 is 2.00 bits per heavy atom. The van der Waals surface area contributed by atoms with E-state index in [4.69, 9.17) is 5.14 Å². The third-order valence-corrected chi connectivity index (χ3v) is 3.34. The summed E-state index contributed by atoms with van der Waals surface area (Å²) in [7, 11) is -3.94. The Bertz CT molecular complexity index is 761. The van der Waals surface area contributed by atoms with Gasteiger partial charge < -0.3 is 5.32 Å². The number of aromatic nitrogens is 1. The predicted molar refractivity (Wildman–Crippen MR) is 72.0 cm³/mol. The molecule has 0 aliphatic heterocycles. The summed E-state index contributed by atoms with van der Waals surface area (Å²) in [5.41, 5.74) is 0.214. The highest BCUT2D eigenvalue weighted by Crippen LogP contribution is 2.24. The van der Waals surface area contributed by atoms with Gasteiger partial charge in [-0.05, 0) is 18.2 Å². The normalized spacial score (nSPS) is 11.1. The van der Waals surface area contributed by atoms with E-state index in [0.29, 0.717) is 5.69 Å². The van der Waals surface area contributed by atoms with Gasteiger partial charge in [0.05, 0.1) is 4.92 Å². The average molecular weight is 294 g/mol. The number of sulfonamides is 1. The topological polar surface area (TPSA) is 128 Å². The first-order valence-corrected chi connectivity index (χ1v) is 6.92. The average Bonchev–Trinajstić information content (AvgIpc) is 2.38. The fourth-order valence-electron chi connectivity index (χ4n) is 1.55. The summed E-state index contributed by atoms with van der Waals surface area (Å²) in [5.74, 6) is 0.00972. The van der Waals surface area contributed by atoms with E-state index >= 15 is 0 Å². The molecule has 1 aromatic heterocycles. The van der Waals surface area contributed by atoms with E-state index in [1.54, 1.807) is 6.07 Å². The number of benzene rings is 1. The van der Waals surface area contributed by atoms with E-state index in [0.717, 1.165) is 0 Å². The highest BCUT2D eigenvalue weighted by Gasteiger charge is 2.15. The minimum Gasteiger partial charge on any atom is -0.339 e. The zero-order valence-corrected chi connectivity index (χ0v) is 10.9. The standard InChI is InChI=1S/C11H10N4O4S/c12-20(18,19)10-5-2-6-13-11(10)14-8-3-1-4-9(7-8)15(16)17/h1-7H,(H,13,14)(H2,12,18,19). The fourth-order valence-corrected chi connectivity index (χ4v) is 2.19. The zero-order chi connectivity index (χ0) is 14.8. The molecule has 2 aromatic rings. The number of primary sulfonamides is 1. The van der Waals surface area contributed by atoms with Gasteiger partial charge in [0.25, 0.3) is 5.69 Å². The Labute approximate surface area is 114 Å². The lowest BCUT2D eigenvalue weighted by Crippen LogP contribution is -2.14. The van der Waals surface area contributed by atoms with Crippen LogP contribution in [0.5, 0.6) is 0 Å². The van der Waals surface area contributed by atoms with Crippen LogP contribution in [0.4, 0.5) is 17.2 Å². The van der Waals surface area contributed by atoms with Crippen LogP contribution >= 0.6 is 0 Å². The Morgan fingerprint density at radius 1 is 1.25 bits per heavy atom. The van der Waals surface area contributed by atoms with Gasteiger partial charge in [-0.15, -0.1) is 0 Å². The predicted octanol–water partition coefficient (Wildman–Crippen LogP) is 1.38. The number of anilines is 2. The summed E-state index contributed by atoms with van der Waals surface area (Å²) in [6, 6.07) is 8.33. The third kappa shape index (κ3) is 3.08. The number of pyridine rings is 1. The second kappa shape index (κ2) is 5.23. The number of rotatable bonds is 4. The minimum atomic E-state index is -3.94. The number of hydrogen-bond acceptors (Lipinski definition) is 6. The SMILES string of the molecule is NS(=O)(=O)c1cccnc1Nc1cccc([N+](=O)[O-])c1. The van der Waals surface area contributed by atoms with E-state index in [-0.39, 0.29) is 16.4 Å². The summed E-state index contributed by atoms with van der Waals surface area (Å²) >= 11 is 0. The number of nitrogens with two attached hydrogens (primary N) is 1. The molecular formula is C11H10N4O4S. The van der Waals surface area contributed by atoms with Crippen molar-refractivity contribution >= 4 is 27.2 Å². The first-order valence-electron chi connectivity index (χ1n) is 5.37. The first kappa shape index (κ1) is 13.9. The van der Waals surface area contributed by atoms with E-state index in [9.17, 15) is 18.5 Å². The molecular weight excluding hydrogens is 284 g/mol. The van der Waals surface area contributed by atoms with Crippen molar-refractivity contribution in [1.29, 1.82) is 0 Å². The van der Waals surface area contributed by atoms with Crippen molar-refractivity contribution in [2.75, 3.05) is 5.32 Å². The maximum Gasteiger partial charge on any atom is 0.271 e. The van der Waals surface area contributed by atoms with Gasteiger partial charge in [-0.2, -0.15) is 0 Å². The van der Waals surface area contributed by atoms with Crippen molar-refractivity contribution in [3.8, 4) is 0 Å². The highest BCUT2D eigenvalue weighted by atomic mass is 32.2. The van der Waals surface area contributed by atoms with Crippen molar-refractivity contribution in [3.63, 3.8) is 0 Å². The Hall–Kier alpha value is -2.52. The molecule has 0 bridgehead atoms. The first-order chi connectivity index (χ1) is 9.38. The summed E-state index contributed by atoms with van der Waals surface area (Å²) in [6.07, 6.45) is 1.38. The van der Waals surface area contributed by atoms with Crippen molar-refractivity contribution in [2.24, 2.45) is 5.14 Å². The molecule has 1 aromatic carbocycles. The van der Waals surface area contributed by atoms with Gasteiger partial charge in [-0.3, -0.25) is 10.1 Å². The van der Waals surface area contributed by atoms with Crippen molar-refractivity contribution in [2.45, 2.75) is 4.90 Å². The van der Waals surface area contributed by atoms with E-state index in [1.165, 1.54) is 36.5 Å². The molecule has 9 heteroatoms. The molecule has 0 saturated heterocycles. The van der Waals surface area contributed by atoms with Crippen LogP contribution in [0.2, 0.25) is 0 Å². The second-order valence-electron chi connectivity index (χ2n) is 3.83. The molecule has 0 radical (unpaired) electrons. The van der Waals surface area contributed by atoms with Crippen molar-refractivity contribution in [3.05, 3.63) is 52.7 Å². The van der Waals surface area contributed by atoms with Gasteiger partial charge in [0.1, 0.15) is 4.90 Å². The lowest BCUT2D eigenvalue weighted by atomic mass is 10.3. The molecule has 104 valence electrons. The van der Waals surface area contributed by atoms with Gasteiger partial charge >= 0.3 is 0 Å². The molecule has 0 atom stereocenters. The summed E-state index contributed by atoms with van der Waals surface area (Å²) in [4.78, 5) is 13.8. The Balaban J connectivity index is 2.41. The maximum atomic E-state index is 11.4. The number of nitrogens with one attached hydrogen (secondary N) is 1.